The summed E-state index contributed by atoms with van der Waals surface area (Å²) < 4.78 is 2.01. The van der Waals surface area contributed by atoms with Crippen LogP contribution in [0.3, 0.4) is 0 Å². The lowest BCUT2D eigenvalue weighted by atomic mass is 10.1. The van der Waals surface area contributed by atoms with E-state index in [0.717, 1.165) is 17.2 Å². The van der Waals surface area contributed by atoms with Crippen molar-refractivity contribution in [2.45, 2.75) is 78.8 Å². The van der Waals surface area contributed by atoms with Gasteiger partial charge in [0.2, 0.25) is 0 Å². The fraction of sp³-hybridized carbons (Fsp3) is 0.800. The quantitative estimate of drug-likeness (QED) is 0.744. The van der Waals surface area contributed by atoms with E-state index in [0.29, 0.717) is 12.1 Å². The van der Waals surface area contributed by atoms with E-state index in [1.54, 1.807) is 0 Å². The molecule has 3 N–H and O–H groups in total. The number of hydrogen-bond donors (Lipinski definition) is 2. The Hall–Kier alpha value is -1.19. The Kier molecular flexibility index (Phi) is 6.19. The van der Waals surface area contributed by atoms with Crippen LogP contribution >= 0.6 is 0 Å². The van der Waals surface area contributed by atoms with Gasteiger partial charge in [-0.05, 0) is 33.6 Å². The van der Waals surface area contributed by atoms with Crippen LogP contribution < -0.4 is 11.1 Å². The number of nitrogens with zero attached hydrogens (tertiary/aromatic N) is 2. The van der Waals surface area contributed by atoms with Crippen LogP contribution in [0, 0.1) is 6.92 Å². The topological polar surface area (TPSA) is 55.9 Å². The summed E-state index contributed by atoms with van der Waals surface area (Å²) >= 11 is 0. The first-order chi connectivity index (χ1) is 9.01. The lowest BCUT2D eigenvalue weighted by Crippen LogP contribution is -2.22. The van der Waals surface area contributed by atoms with Gasteiger partial charge in [0.25, 0.3) is 0 Å². The van der Waals surface area contributed by atoms with Crippen LogP contribution in [0.4, 0.5) is 11.5 Å². The van der Waals surface area contributed by atoms with Gasteiger partial charge in [-0.3, -0.25) is 0 Å². The fourth-order valence-electron chi connectivity index (χ4n) is 2.36. The molecule has 1 heterocycles. The summed E-state index contributed by atoms with van der Waals surface area (Å²) in [5.41, 5.74) is 7.88. The van der Waals surface area contributed by atoms with Gasteiger partial charge in [0, 0.05) is 12.1 Å². The third-order valence-electron chi connectivity index (χ3n) is 3.51. The molecule has 0 radical (unpaired) electrons. The molecular weight excluding hydrogens is 236 g/mol. The van der Waals surface area contributed by atoms with Crippen molar-refractivity contribution in [3.63, 3.8) is 0 Å². The number of aromatic nitrogens is 2. The van der Waals surface area contributed by atoms with E-state index in [-0.39, 0.29) is 0 Å². The van der Waals surface area contributed by atoms with Gasteiger partial charge in [-0.2, -0.15) is 5.10 Å². The van der Waals surface area contributed by atoms with Crippen LogP contribution in [0.1, 0.15) is 71.5 Å². The average molecular weight is 266 g/mol. The average Bonchev–Trinajstić information content (AvgIpc) is 2.64. The fourth-order valence-corrected chi connectivity index (χ4v) is 2.36. The third kappa shape index (κ3) is 4.15. The molecule has 0 fully saturated rings. The summed E-state index contributed by atoms with van der Waals surface area (Å²) in [6.07, 6.45) is 6.07. The largest absolute Gasteiger partial charge is 0.394 e. The highest BCUT2D eigenvalue weighted by Gasteiger charge is 2.17. The molecule has 110 valence electrons. The number of rotatable bonds is 8. The molecule has 4 nitrogen and oxygen atoms in total. The Labute approximate surface area is 117 Å². The van der Waals surface area contributed by atoms with Gasteiger partial charge >= 0.3 is 0 Å². The molecule has 1 rings (SSSR count). The van der Waals surface area contributed by atoms with Gasteiger partial charge in [-0.1, -0.05) is 33.1 Å². The predicted molar refractivity (Wildman–Crippen MR) is 83.6 cm³/mol. The first-order valence-corrected chi connectivity index (χ1v) is 7.62. The maximum absolute atomic E-state index is 6.17. The van der Waals surface area contributed by atoms with Crippen LogP contribution in [0.25, 0.3) is 0 Å². The van der Waals surface area contributed by atoms with Gasteiger partial charge in [0.15, 0.2) is 0 Å². The van der Waals surface area contributed by atoms with Gasteiger partial charge in [-0.15, -0.1) is 0 Å². The van der Waals surface area contributed by atoms with E-state index < -0.39 is 0 Å². The second kappa shape index (κ2) is 7.41. The summed E-state index contributed by atoms with van der Waals surface area (Å²) in [5.74, 6) is 1.00. The Morgan fingerprint density at radius 2 is 1.89 bits per heavy atom. The second-order valence-corrected chi connectivity index (χ2v) is 5.66. The number of hydrogen-bond acceptors (Lipinski definition) is 3. The Balaban J connectivity index is 2.88. The van der Waals surface area contributed by atoms with Crippen LogP contribution in [0.2, 0.25) is 0 Å². The van der Waals surface area contributed by atoms with Crippen molar-refractivity contribution in [2.24, 2.45) is 0 Å². The normalized spacial score (nSPS) is 12.9. The SMILES string of the molecule is CCCCC(CCC)Nc1c(N)c(C)nn1C(C)C. The van der Waals surface area contributed by atoms with Crippen LogP contribution in [0.15, 0.2) is 0 Å². The molecule has 19 heavy (non-hydrogen) atoms. The van der Waals surface area contributed by atoms with E-state index in [4.69, 9.17) is 5.73 Å². The monoisotopic (exact) mass is 266 g/mol. The van der Waals surface area contributed by atoms with Crippen molar-refractivity contribution in [3.05, 3.63) is 5.69 Å². The zero-order chi connectivity index (χ0) is 14.4. The first-order valence-electron chi connectivity index (χ1n) is 7.62. The van der Waals surface area contributed by atoms with Crippen molar-refractivity contribution in [1.29, 1.82) is 0 Å². The molecule has 4 heteroatoms. The van der Waals surface area contributed by atoms with Crippen molar-refractivity contribution in [2.75, 3.05) is 11.1 Å². The second-order valence-electron chi connectivity index (χ2n) is 5.66. The smallest absolute Gasteiger partial charge is 0.148 e. The molecule has 0 amide bonds. The summed E-state index contributed by atoms with van der Waals surface area (Å²) in [7, 11) is 0. The number of anilines is 2. The number of nitrogens with two attached hydrogens (primary N) is 1. The molecule has 1 unspecified atom stereocenters. The highest BCUT2D eigenvalue weighted by atomic mass is 15.4. The lowest BCUT2D eigenvalue weighted by molar-refractivity contribution is 0.516. The molecule has 0 bridgehead atoms. The van der Waals surface area contributed by atoms with E-state index in [2.05, 4.69) is 38.1 Å². The van der Waals surface area contributed by atoms with E-state index >= 15 is 0 Å². The zero-order valence-electron chi connectivity index (χ0n) is 13.2. The van der Waals surface area contributed by atoms with Crippen LogP contribution in [-0.4, -0.2) is 15.8 Å². The molecule has 1 atom stereocenters. The van der Waals surface area contributed by atoms with E-state index in [1.165, 1.54) is 32.1 Å². The number of nitrogen functional groups attached to an aromatic ring is 1. The van der Waals surface area contributed by atoms with Gasteiger partial charge < -0.3 is 11.1 Å². The number of unbranched alkanes of at least 4 members (excludes halogenated alkanes) is 1. The molecule has 0 saturated carbocycles. The molecule has 0 saturated heterocycles. The maximum Gasteiger partial charge on any atom is 0.148 e. The van der Waals surface area contributed by atoms with Gasteiger partial charge in [0.05, 0.1) is 11.4 Å². The van der Waals surface area contributed by atoms with Crippen molar-refractivity contribution in [3.8, 4) is 0 Å². The molecule has 1 aromatic heterocycles. The molecule has 0 spiro atoms. The zero-order valence-corrected chi connectivity index (χ0v) is 13.2. The summed E-state index contributed by atoms with van der Waals surface area (Å²) in [6, 6.07) is 0.827. The Morgan fingerprint density at radius 1 is 1.21 bits per heavy atom. The van der Waals surface area contributed by atoms with Gasteiger partial charge in [0.1, 0.15) is 5.82 Å². The summed E-state index contributed by atoms with van der Waals surface area (Å²) in [6.45, 7) is 10.7. The van der Waals surface area contributed by atoms with Crippen LogP contribution in [-0.2, 0) is 0 Å². The molecule has 0 aliphatic rings. The minimum atomic E-state index is 0.326. The number of aryl methyl sites for hydroxylation is 1. The third-order valence-corrected chi connectivity index (χ3v) is 3.51. The molecule has 0 aliphatic heterocycles. The Bertz CT molecular complexity index is 382. The van der Waals surface area contributed by atoms with Crippen LogP contribution in [0.5, 0.6) is 0 Å². The summed E-state index contributed by atoms with van der Waals surface area (Å²) in [5, 5.41) is 8.16. The lowest BCUT2D eigenvalue weighted by Gasteiger charge is -2.21. The summed E-state index contributed by atoms with van der Waals surface area (Å²) in [4.78, 5) is 0. The molecule has 0 aliphatic carbocycles. The minimum Gasteiger partial charge on any atom is -0.394 e. The van der Waals surface area contributed by atoms with Crippen molar-refractivity contribution >= 4 is 11.5 Å². The van der Waals surface area contributed by atoms with Gasteiger partial charge in [-0.25, -0.2) is 4.68 Å². The highest BCUT2D eigenvalue weighted by Crippen LogP contribution is 2.27. The van der Waals surface area contributed by atoms with E-state index in [9.17, 15) is 0 Å². The van der Waals surface area contributed by atoms with Crippen molar-refractivity contribution < 1.29 is 0 Å². The molecule has 1 aromatic rings. The Morgan fingerprint density at radius 3 is 2.42 bits per heavy atom. The number of nitrogens with one attached hydrogen (secondary N) is 1. The first kappa shape index (κ1) is 15.9. The standard InChI is InChI=1S/C15H30N4/c1-6-8-10-13(9-7-2)17-15-14(16)12(5)18-19(15)11(3)4/h11,13,17H,6-10,16H2,1-5H3. The molecular formula is C15H30N4. The highest BCUT2D eigenvalue weighted by molar-refractivity contribution is 5.65. The maximum atomic E-state index is 6.17. The minimum absolute atomic E-state index is 0.326. The molecule has 0 aromatic carbocycles. The predicted octanol–water partition coefficient (Wildman–Crippen LogP) is 4.13. The van der Waals surface area contributed by atoms with Crippen molar-refractivity contribution in [1.82, 2.24) is 9.78 Å². The van der Waals surface area contributed by atoms with E-state index in [1.807, 2.05) is 11.6 Å².